The Morgan fingerprint density at radius 2 is 1.69 bits per heavy atom. The van der Waals surface area contributed by atoms with Crippen LogP contribution in [0.15, 0.2) is 22.7 Å². The molecule has 5 heteroatoms. The maximum atomic E-state index is 11.8. The summed E-state index contributed by atoms with van der Waals surface area (Å²) in [5.74, 6) is 0.359. The summed E-state index contributed by atoms with van der Waals surface area (Å²) in [5, 5.41) is 0. The number of ether oxygens (including phenoxy) is 2. The van der Waals surface area contributed by atoms with Gasteiger partial charge in [0.15, 0.2) is 11.5 Å². The molecule has 0 saturated carbocycles. The summed E-state index contributed by atoms with van der Waals surface area (Å²) in [7, 11) is 0. The standard InChI is InChI=1S/C8H7BrF2O2/c9-6-1-2-7(12-4-10)8(3-6)13-5-11/h1-3H,4-5H2. The molecule has 0 atom stereocenters. The zero-order valence-corrected chi connectivity index (χ0v) is 8.18. The molecule has 0 spiro atoms. The third-order valence-corrected chi connectivity index (χ3v) is 1.82. The second kappa shape index (κ2) is 5.01. The van der Waals surface area contributed by atoms with E-state index in [1.807, 2.05) is 0 Å². The first-order valence-corrected chi connectivity index (χ1v) is 4.24. The summed E-state index contributed by atoms with van der Waals surface area (Å²) in [4.78, 5) is 0. The van der Waals surface area contributed by atoms with Crippen molar-refractivity contribution in [3.8, 4) is 11.5 Å². The summed E-state index contributed by atoms with van der Waals surface area (Å²) in [6.45, 7) is -1.94. The highest BCUT2D eigenvalue weighted by Gasteiger charge is 2.05. The van der Waals surface area contributed by atoms with Crippen molar-refractivity contribution in [2.75, 3.05) is 13.7 Å². The van der Waals surface area contributed by atoms with Crippen LogP contribution in [0.2, 0.25) is 0 Å². The Morgan fingerprint density at radius 3 is 2.31 bits per heavy atom. The van der Waals surface area contributed by atoms with Gasteiger partial charge in [-0.15, -0.1) is 0 Å². The van der Waals surface area contributed by atoms with Gasteiger partial charge < -0.3 is 9.47 Å². The van der Waals surface area contributed by atoms with E-state index in [0.29, 0.717) is 4.47 Å². The Balaban J connectivity index is 2.89. The molecule has 0 radical (unpaired) electrons. The van der Waals surface area contributed by atoms with E-state index >= 15 is 0 Å². The number of halogens is 3. The third kappa shape index (κ3) is 2.84. The predicted octanol–water partition coefficient (Wildman–Crippen LogP) is 3.06. The van der Waals surface area contributed by atoms with Crippen LogP contribution in [-0.2, 0) is 0 Å². The van der Waals surface area contributed by atoms with Gasteiger partial charge in [0.25, 0.3) is 0 Å². The van der Waals surface area contributed by atoms with E-state index in [1.165, 1.54) is 12.1 Å². The average Bonchev–Trinajstić information content (AvgIpc) is 2.10. The van der Waals surface area contributed by atoms with Crippen LogP contribution in [-0.4, -0.2) is 13.7 Å². The maximum Gasteiger partial charge on any atom is 0.228 e. The van der Waals surface area contributed by atoms with Crippen molar-refractivity contribution in [2.24, 2.45) is 0 Å². The second-order valence-electron chi connectivity index (χ2n) is 2.10. The van der Waals surface area contributed by atoms with Gasteiger partial charge in [-0.05, 0) is 18.2 Å². The van der Waals surface area contributed by atoms with Crippen molar-refractivity contribution < 1.29 is 18.3 Å². The molecule has 72 valence electrons. The number of hydrogen-bond donors (Lipinski definition) is 0. The van der Waals surface area contributed by atoms with Gasteiger partial charge >= 0.3 is 0 Å². The summed E-state index contributed by atoms with van der Waals surface area (Å²) in [5.41, 5.74) is 0. The fraction of sp³-hybridized carbons (Fsp3) is 0.250. The Kier molecular flexibility index (Phi) is 3.95. The number of benzene rings is 1. The number of hydrogen-bond acceptors (Lipinski definition) is 2. The van der Waals surface area contributed by atoms with E-state index in [4.69, 9.17) is 0 Å². The van der Waals surface area contributed by atoms with Crippen molar-refractivity contribution in [2.45, 2.75) is 0 Å². The molecule has 0 aliphatic rings. The molecule has 0 amide bonds. The molecular formula is C8H7BrF2O2. The normalized spacial score (nSPS) is 9.77. The van der Waals surface area contributed by atoms with Crippen LogP contribution >= 0.6 is 15.9 Å². The van der Waals surface area contributed by atoms with Crippen LogP contribution in [0.5, 0.6) is 11.5 Å². The Labute approximate surface area is 82.6 Å². The average molecular weight is 253 g/mol. The number of alkyl halides is 2. The lowest BCUT2D eigenvalue weighted by molar-refractivity contribution is 0.158. The van der Waals surface area contributed by atoms with Crippen molar-refractivity contribution in [3.63, 3.8) is 0 Å². The quantitative estimate of drug-likeness (QED) is 0.820. The summed E-state index contributed by atoms with van der Waals surface area (Å²) in [6, 6.07) is 4.65. The highest BCUT2D eigenvalue weighted by molar-refractivity contribution is 9.10. The van der Waals surface area contributed by atoms with Crippen molar-refractivity contribution >= 4 is 15.9 Å². The van der Waals surface area contributed by atoms with Gasteiger partial charge in [0.05, 0.1) is 0 Å². The molecule has 13 heavy (non-hydrogen) atoms. The Bertz CT molecular complexity index is 281. The van der Waals surface area contributed by atoms with Crippen molar-refractivity contribution in [1.82, 2.24) is 0 Å². The predicted molar refractivity (Wildman–Crippen MR) is 47.3 cm³/mol. The van der Waals surface area contributed by atoms with E-state index in [2.05, 4.69) is 25.4 Å². The van der Waals surface area contributed by atoms with Gasteiger partial charge in [-0.2, -0.15) is 0 Å². The van der Waals surface area contributed by atoms with Crippen molar-refractivity contribution in [3.05, 3.63) is 22.7 Å². The van der Waals surface area contributed by atoms with E-state index in [1.54, 1.807) is 6.07 Å². The molecule has 1 aromatic carbocycles. The molecule has 0 saturated heterocycles. The molecule has 1 rings (SSSR count). The first-order chi connectivity index (χ1) is 6.27. The first kappa shape index (κ1) is 10.2. The highest BCUT2D eigenvalue weighted by atomic mass is 79.9. The molecule has 0 unspecified atom stereocenters. The van der Waals surface area contributed by atoms with Crippen molar-refractivity contribution in [1.29, 1.82) is 0 Å². The SMILES string of the molecule is FCOc1ccc(Br)cc1OCF. The van der Waals surface area contributed by atoms with E-state index in [0.717, 1.165) is 0 Å². The third-order valence-electron chi connectivity index (χ3n) is 1.33. The van der Waals surface area contributed by atoms with Crippen LogP contribution in [0.4, 0.5) is 8.78 Å². The van der Waals surface area contributed by atoms with Gasteiger partial charge in [0, 0.05) is 4.47 Å². The fourth-order valence-corrected chi connectivity index (χ4v) is 1.17. The molecule has 2 nitrogen and oxygen atoms in total. The largest absolute Gasteiger partial charge is 0.459 e. The molecule has 0 aromatic heterocycles. The molecule has 0 fully saturated rings. The zero-order valence-electron chi connectivity index (χ0n) is 6.60. The molecule has 0 aliphatic carbocycles. The molecule has 0 aliphatic heterocycles. The van der Waals surface area contributed by atoms with Gasteiger partial charge in [-0.3, -0.25) is 0 Å². The first-order valence-electron chi connectivity index (χ1n) is 3.45. The number of rotatable bonds is 4. The van der Waals surface area contributed by atoms with E-state index in [-0.39, 0.29) is 11.5 Å². The Hall–Kier alpha value is -0.840. The summed E-state index contributed by atoms with van der Waals surface area (Å²) >= 11 is 3.17. The summed E-state index contributed by atoms with van der Waals surface area (Å²) in [6.07, 6.45) is 0. The molecular weight excluding hydrogens is 246 g/mol. The van der Waals surface area contributed by atoms with Gasteiger partial charge in [0.2, 0.25) is 13.7 Å². The molecule has 0 bridgehead atoms. The Morgan fingerprint density at radius 1 is 1.08 bits per heavy atom. The lowest BCUT2D eigenvalue weighted by Gasteiger charge is -2.08. The molecule has 1 aromatic rings. The van der Waals surface area contributed by atoms with Gasteiger partial charge in [-0.1, -0.05) is 15.9 Å². The second-order valence-corrected chi connectivity index (χ2v) is 3.01. The maximum absolute atomic E-state index is 11.8. The minimum Gasteiger partial charge on any atom is -0.459 e. The highest BCUT2D eigenvalue weighted by Crippen LogP contribution is 2.30. The van der Waals surface area contributed by atoms with Crippen LogP contribution in [0.25, 0.3) is 0 Å². The molecule has 0 N–H and O–H groups in total. The van der Waals surface area contributed by atoms with Gasteiger partial charge in [-0.25, -0.2) is 8.78 Å². The molecule has 0 heterocycles. The minimum atomic E-state index is -0.973. The van der Waals surface area contributed by atoms with Gasteiger partial charge in [0.1, 0.15) is 0 Å². The monoisotopic (exact) mass is 252 g/mol. The van der Waals surface area contributed by atoms with Crippen LogP contribution in [0.3, 0.4) is 0 Å². The van der Waals surface area contributed by atoms with Crippen LogP contribution in [0.1, 0.15) is 0 Å². The minimum absolute atomic E-state index is 0.175. The fourth-order valence-electron chi connectivity index (χ4n) is 0.831. The summed E-state index contributed by atoms with van der Waals surface area (Å²) < 4.78 is 33.5. The smallest absolute Gasteiger partial charge is 0.228 e. The lowest BCUT2D eigenvalue weighted by Crippen LogP contribution is -1.96. The van der Waals surface area contributed by atoms with E-state index in [9.17, 15) is 8.78 Å². The van der Waals surface area contributed by atoms with Crippen LogP contribution in [0, 0.1) is 0 Å². The van der Waals surface area contributed by atoms with Crippen LogP contribution < -0.4 is 9.47 Å². The lowest BCUT2D eigenvalue weighted by atomic mass is 10.3. The zero-order chi connectivity index (χ0) is 9.68. The topological polar surface area (TPSA) is 18.5 Å². The van der Waals surface area contributed by atoms with E-state index < -0.39 is 13.7 Å².